The lowest BCUT2D eigenvalue weighted by Crippen LogP contribution is -2.39. The van der Waals surface area contributed by atoms with Gasteiger partial charge in [0.1, 0.15) is 11.3 Å². The highest BCUT2D eigenvalue weighted by Crippen LogP contribution is 2.27. The largest absolute Gasteiger partial charge is 0.316 e. The Hall–Kier alpha value is -1.46. The van der Waals surface area contributed by atoms with Crippen molar-refractivity contribution in [3.8, 4) is 0 Å². The van der Waals surface area contributed by atoms with Gasteiger partial charge >= 0.3 is 0 Å². The van der Waals surface area contributed by atoms with Gasteiger partial charge in [-0.1, -0.05) is 6.42 Å². The van der Waals surface area contributed by atoms with Crippen LogP contribution < -0.4 is 5.32 Å². The molecule has 0 spiro atoms. The number of imidazole rings is 1. The molecule has 5 heteroatoms. The highest BCUT2D eigenvalue weighted by atomic mass is 15.2. The van der Waals surface area contributed by atoms with Crippen LogP contribution in [0.25, 0.3) is 11.2 Å². The minimum Gasteiger partial charge on any atom is -0.316 e. The Morgan fingerprint density at radius 3 is 3.09 bits per heavy atom. The predicted octanol–water partition coefficient (Wildman–Crippen LogP) is 1.99. The number of nitrogens with one attached hydrogen (secondary N) is 1. The van der Waals surface area contributed by atoms with Crippen LogP contribution in [0.5, 0.6) is 0 Å². The number of likely N-dealkylation sites (N-methyl/N-ethyl adjacent to an activating group) is 1. The molecule has 2 unspecified atom stereocenters. The van der Waals surface area contributed by atoms with E-state index in [1.54, 1.807) is 0 Å². The number of fused-ring (bicyclic) bond motifs is 1. The molecule has 2 fully saturated rings. The Kier molecular flexibility index (Phi) is 3.84. The summed E-state index contributed by atoms with van der Waals surface area (Å²) in [5.74, 6) is 1.76. The molecule has 2 aliphatic heterocycles. The van der Waals surface area contributed by atoms with Gasteiger partial charge in [-0.15, -0.1) is 0 Å². The third-order valence-electron chi connectivity index (χ3n) is 5.27. The van der Waals surface area contributed by atoms with Gasteiger partial charge in [-0.3, -0.25) is 0 Å². The molecule has 4 rings (SSSR count). The molecular formula is C17H25N5. The summed E-state index contributed by atoms with van der Waals surface area (Å²) in [5.41, 5.74) is 2.10. The van der Waals surface area contributed by atoms with Crippen molar-refractivity contribution in [3.63, 3.8) is 0 Å². The zero-order chi connectivity index (χ0) is 14.9. The van der Waals surface area contributed by atoms with E-state index in [2.05, 4.69) is 32.9 Å². The van der Waals surface area contributed by atoms with Crippen molar-refractivity contribution in [2.45, 2.75) is 44.2 Å². The highest BCUT2D eigenvalue weighted by molar-refractivity contribution is 5.71. The van der Waals surface area contributed by atoms with E-state index in [0.717, 1.165) is 30.8 Å². The molecule has 22 heavy (non-hydrogen) atoms. The smallest absolute Gasteiger partial charge is 0.160 e. The van der Waals surface area contributed by atoms with Gasteiger partial charge in [0.2, 0.25) is 0 Å². The first kappa shape index (κ1) is 14.2. The molecule has 2 saturated heterocycles. The molecule has 4 heterocycles. The maximum absolute atomic E-state index is 4.93. The van der Waals surface area contributed by atoms with Crippen molar-refractivity contribution in [3.05, 3.63) is 24.2 Å². The van der Waals surface area contributed by atoms with E-state index in [4.69, 9.17) is 4.98 Å². The Balaban J connectivity index is 1.71. The molecule has 0 amide bonds. The van der Waals surface area contributed by atoms with Crippen molar-refractivity contribution >= 4 is 11.2 Å². The van der Waals surface area contributed by atoms with Crippen LogP contribution in [0.2, 0.25) is 0 Å². The topological polar surface area (TPSA) is 46.0 Å². The van der Waals surface area contributed by atoms with Gasteiger partial charge in [0, 0.05) is 31.2 Å². The van der Waals surface area contributed by atoms with Crippen LogP contribution in [0.3, 0.4) is 0 Å². The normalized spacial score (nSPS) is 26.8. The summed E-state index contributed by atoms with van der Waals surface area (Å²) < 4.78 is 2.40. The number of nitrogens with zero attached hydrogens (tertiary/aromatic N) is 4. The van der Waals surface area contributed by atoms with E-state index in [-0.39, 0.29) is 0 Å². The molecule has 0 saturated carbocycles. The zero-order valence-electron chi connectivity index (χ0n) is 13.3. The summed E-state index contributed by atoms with van der Waals surface area (Å²) in [4.78, 5) is 12.1. The number of pyridine rings is 1. The van der Waals surface area contributed by atoms with Crippen LogP contribution in [0.1, 0.15) is 37.4 Å². The SMILES string of the molecule is CN1CCCCC1Cn1c(C2CCNC2)nc2cccnc21. The second-order valence-corrected chi connectivity index (χ2v) is 6.75. The van der Waals surface area contributed by atoms with Gasteiger partial charge in [-0.2, -0.15) is 0 Å². The van der Waals surface area contributed by atoms with Gasteiger partial charge in [0.15, 0.2) is 5.65 Å². The van der Waals surface area contributed by atoms with Gasteiger partial charge < -0.3 is 14.8 Å². The Morgan fingerprint density at radius 1 is 1.32 bits per heavy atom. The second-order valence-electron chi connectivity index (χ2n) is 6.75. The molecule has 2 aromatic heterocycles. The fourth-order valence-electron chi connectivity index (χ4n) is 3.93. The Morgan fingerprint density at radius 2 is 2.27 bits per heavy atom. The summed E-state index contributed by atoms with van der Waals surface area (Å²) in [6.45, 7) is 4.38. The van der Waals surface area contributed by atoms with Crippen molar-refractivity contribution in [1.29, 1.82) is 0 Å². The van der Waals surface area contributed by atoms with Crippen LogP contribution >= 0.6 is 0 Å². The third kappa shape index (κ3) is 2.52. The van der Waals surface area contributed by atoms with E-state index in [9.17, 15) is 0 Å². The van der Waals surface area contributed by atoms with Crippen LogP contribution in [-0.2, 0) is 6.54 Å². The number of piperidine rings is 1. The van der Waals surface area contributed by atoms with Crippen molar-refractivity contribution < 1.29 is 0 Å². The number of hydrogen-bond acceptors (Lipinski definition) is 4. The minimum atomic E-state index is 0.531. The number of likely N-dealkylation sites (tertiary alicyclic amines) is 1. The summed E-state index contributed by atoms with van der Waals surface area (Å²) in [7, 11) is 2.26. The molecule has 5 nitrogen and oxygen atoms in total. The predicted molar refractivity (Wildman–Crippen MR) is 88.0 cm³/mol. The fraction of sp³-hybridized carbons (Fsp3) is 0.647. The van der Waals surface area contributed by atoms with Crippen LogP contribution in [0, 0.1) is 0 Å². The van der Waals surface area contributed by atoms with Gasteiger partial charge in [-0.05, 0) is 51.5 Å². The van der Waals surface area contributed by atoms with E-state index < -0.39 is 0 Å². The minimum absolute atomic E-state index is 0.531. The Bertz CT molecular complexity index is 644. The van der Waals surface area contributed by atoms with Crippen molar-refractivity contribution in [2.75, 3.05) is 26.7 Å². The zero-order valence-corrected chi connectivity index (χ0v) is 13.3. The maximum Gasteiger partial charge on any atom is 0.160 e. The van der Waals surface area contributed by atoms with Gasteiger partial charge in [-0.25, -0.2) is 9.97 Å². The number of hydrogen-bond donors (Lipinski definition) is 1. The lowest BCUT2D eigenvalue weighted by atomic mass is 10.0. The molecule has 0 aromatic carbocycles. The summed E-state index contributed by atoms with van der Waals surface area (Å²) in [6.07, 6.45) is 7.03. The lowest BCUT2D eigenvalue weighted by Gasteiger charge is -2.33. The van der Waals surface area contributed by atoms with E-state index >= 15 is 0 Å². The van der Waals surface area contributed by atoms with Gasteiger partial charge in [0.05, 0.1) is 0 Å². The van der Waals surface area contributed by atoms with Crippen LogP contribution in [0.4, 0.5) is 0 Å². The fourth-order valence-corrected chi connectivity index (χ4v) is 3.93. The van der Waals surface area contributed by atoms with E-state index in [1.165, 1.54) is 38.1 Å². The molecule has 2 aromatic rings. The van der Waals surface area contributed by atoms with Crippen molar-refractivity contribution in [1.82, 2.24) is 24.8 Å². The summed E-state index contributed by atoms with van der Waals surface area (Å²) in [6, 6.07) is 4.69. The Labute approximate surface area is 131 Å². The van der Waals surface area contributed by atoms with Crippen LogP contribution in [0.15, 0.2) is 18.3 Å². The number of rotatable bonds is 3. The second kappa shape index (κ2) is 5.97. The molecule has 1 N–H and O–H groups in total. The standard InChI is InChI=1S/C17H25N5/c1-21-10-3-2-5-14(21)12-22-16(13-7-9-18-11-13)20-15-6-4-8-19-17(15)22/h4,6,8,13-14,18H,2-3,5,7,9-12H2,1H3. The highest BCUT2D eigenvalue weighted by Gasteiger charge is 2.27. The molecule has 0 bridgehead atoms. The van der Waals surface area contributed by atoms with E-state index in [0.29, 0.717) is 12.0 Å². The molecular weight excluding hydrogens is 274 g/mol. The summed E-state index contributed by atoms with van der Waals surface area (Å²) >= 11 is 0. The quantitative estimate of drug-likeness (QED) is 0.941. The third-order valence-corrected chi connectivity index (χ3v) is 5.27. The molecule has 118 valence electrons. The summed E-state index contributed by atoms with van der Waals surface area (Å²) in [5, 5.41) is 3.47. The van der Waals surface area contributed by atoms with E-state index in [1.807, 2.05) is 12.3 Å². The monoisotopic (exact) mass is 299 g/mol. The maximum atomic E-state index is 4.93. The van der Waals surface area contributed by atoms with Crippen molar-refractivity contribution in [2.24, 2.45) is 0 Å². The molecule has 2 aliphatic rings. The lowest BCUT2D eigenvalue weighted by molar-refractivity contribution is 0.167. The first-order valence-electron chi connectivity index (χ1n) is 8.55. The molecule has 0 aliphatic carbocycles. The average Bonchev–Trinajstić information content (AvgIpc) is 3.17. The molecule has 2 atom stereocenters. The first-order chi connectivity index (χ1) is 10.8. The molecule has 0 radical (unpaired) electrons. The number of aromatic nitrogens is 3. The van der Waals surface area contributed by atoms with Gasteiger partial charge in [0.25, 0.3) is 0 Å². The first-order valence-corrected chi connectivity index (χ1v) is 8.55. The van der Waals surface area contributed by atoms with Crippen LogP contribution in [-0.4, -0.2) is 52.2 Å². The average molecular weight is 299 g/mol.